The van der Waals surface area contributed by atoms with Gasteiger partial charge in [-0.15, -0.1) is 18.3 Å². The van der Waals surface area contributed by atoms with Gasteiger partial charge < -0.3 is 19.9 Å². The molecule has 168 valence electrons. The molecule has 0 bridgehead atoms. The molecule has 12 heteroatoms. The lowest BCUT2D eigenvalue weighted by Crippen LogP contribution is -2.26. The van der Waals surface area contributed by atoms with Crippen molar-refractivity contribution in [3.05, 3.63) is 59.7 Å². The van der Waals surface area contributed by atoms with E-state index in [2.05, 4.69) is 20.3 Å². The van der Waals surface area contributed by atoms with Gasteiger partial charge in [0.2, 0.25) is 5.91 Å². The van der Waals surface area contributed by atoms with Gasteiger partial charge in [0, 0.05) is 0 Å². The van der Waals surface area contributed by atoms with Crippen LogP contribution in [0.3, 0.4) is 0 Å². The lowest BCUT2D eigenvalue weighted by atomic mass is 10.1. The van der Waals surface area contributed by atoms with E-state index in [-0.39, 0.29) is 23.9 Å². The summed E-state index contributed by atoms with van der Waals surface area (Å²) in [5.41, 5.74) is 1.48. The number of aliphatic carboxylic acids is 1. The van der Waals surface area contributed by atoms with Gasteiger partial charge >= 0.3 is 12.3 Å². The first-order valence-electron chi connectivity index (χ1n) is 9.06. The Morgan fingerprint density at radius 1 is 1.19 bits per heavy atom. The Hall–Kier alpha value is -3.54. The average molecular weight is 467 g/mol. The van der Waals surface area contributed by atoms with Crippen molar-refractivity contribution in [3.63, 3.8) is 0 Å². The third kappa shape index (κ3) is 7.30. The fraction of sp³-hybridized carbons (Fsp3) is 0.200. The molecule has 1 saturated heterocycles. The maximum absolute atomic E-state index is 12.2. The number of amidine groups is 1. The minimum Gasteiger partial charge on any atom is -0.489 e. The minimum absolute atomic E-state index is 0.165. The number of hydrogen-bond acceptors (Lipinski definition) is 7. The number of carboxylic acids is 1. The number of carbonyl (C=O) groups is 2. The van der Waals surface area contributed by atoms with E-state index in [0.29, 0.717) is 11.3 Å². The summed E-state index contributed by atoms with van der Waals surface area (Å²) < 4.78 is 45.9. The van der Waals surface area contributed by atoms with Crippen molar-refractivity contribution in [3.8, 4) is 11.5 Å². The van der Waals surface area contributed by atoms with Gasteiger partial charge in [0.25, 0.3) is 0 Å². The van der Waals surface area contributed by atoms with E-state index >= 15 is 0 Å². The maximum atomic E-state index is 12.2. The molecule has 8 nitrogen and oxygen atoms in total. The van der Waals surface area contributed by atoms with E-state index in [1.54, 1.807) is 24.3 Å². The van der Waals surface area contributed by atoms with Gasteiger partial charge in [-0.3, -0.25) is 9.59 Å². The van der Waals surface area contributed by atoms with E-state index in [9.17, 15) is 22.8 Å². The highest BCUT2D eigenvalue weighted by Gasteiger charge is 2.32. The lowest BCUT2D eigenvalue weighted by Gasteiger charge is -2.10. The second kappa shape index (κ2) is 10.2. The van der Waals surface area contributed by atoms with Crippen molar-refractivity contribution >= 4 is 35.0 Å². The number of carbonyl (C=O) groups excluding carboxylic acids is 1. The number of alkyl halides is 3. The Balaban J connectivity index is 1.54. The Kier molecular flexibility index (Phi) is 7.36. The van der Waals surface area contributed by atoms with Crippen molar-refractivity contribution in [1.29, 1.82) is 0 Å². The van der Waals surface area contributed by atoms with E-state index in [0.717, 1.165) is 29.5 Å². The number of thioether (sulfide) groups is 1. The monoisotopic (exact) mass is 467 g/mol. The van der Waals surface area contributed by atoms with Crippen LogP contribution in [0.15, 0.2) is 58.7 Å². The van der Waals surface area contributed by atoms with Crippen LogP contribution in [0, 0.1) is 0 Å². The van der Waals surface area contributed by atoms with Crippen LogP contribution in [0.1, 0.15) is 17.5 Å². The molecule has 2 aromatic rings. The molecular formula is C20H16F3N3O5S. The molecule has 1 aliphatic heterocycles. The summed E-state index contributed by atoms with van der Waals surface area (Å²) in [7, 11) is 0. The highest BCUT2D eigenvalue weighted by Crippen LogP contribution is 2.25. The molecule has 2 N–H and O–H groups in total. The molecule has 0 spiro atoms. The molecule has 1 atom stereocenters. The molecule has 1 aliphatic rings. The Morgan fingerprint density at radius 2 is 1.91 bits per heavy atom. The first-order valence-corrected chi connectivity index (χ1v) is 9.94. The molecular weight excluding hydrogens is 451 g/mol. The number of carboxylic acid groups (broad SMARTS) is 1. The Labute approximate surface area is 184 Å². The van der Waals surface area contributed by atoms with E-state index in [4.69, 9.17) is 9.84 Å². The van der Waals surface area contributed by atoms with Crippen LogP contribution >= 0.6 is 11.8 Å². The highest BCUT2D eigenvalue weighted by molar-refractivity contribution is 8.15. The van der Waals surface area contributed by atoms with Gasteiger partial charge in [-0.1, -0.05) is 30.0 Å². The molecule has 0 saturated carbocycles. The zero-order chi connectivity index (χ0) is 23.1. The summed E-state index contributed by atoms with van der Waals surface area (Å²) in [6.45, 7) is 0.165. The predicted octanol–water partition coefficient (Wildman–Crippen LogP) is 3.56. The molecule has 1 amide bonds. The summed E-state index contributed by atoms with van der Waals surface area (Å²) in [5, 5.41) is 18.5. The number of ether oxygens (including phenoxy) is 2. The van der Waals surface area contributed by atoms with Crippen LogP contribution in [0.25, 0.3) is 0 Å². The van der Waals surface area contributed by atoms with Crippen LogP contribution in [0.2, 0.25) is 0 Å². The van der Waals surface area contributed by atoms with E-state index in [1.807, 2.05) is 0 Å². The summed E-state index contributed by atoms with van der Waals surface area (Å²) in [5.74, 6) is -1.47. The third-order valence-corrected chi connectivity index (χ3v) is 4.98. The van der Waals surface area contributed by atoms with Gasteiger partial charge in [0.05, 0.1) is 12.6 Å². The molecule has 3 rings (SSSR count). The van der Waals surface area contributed by atoms with Gasteiger partial charge in [-0.2, -0.15) is 5.10 Å². The number of halogens is 3. The van der Waals surface area contributed by atoms with Crippen molar-refractivity contribution in [2.45, 2.75) is 24.6 Å². The average Bonchev–Trinajstić information content (AvgIpc) is 3.05. The Bertz CT molecular complexity index is 1040. The number of benzene rings is 2. The van der Waals surface area contributed by atoms with E-state index < -0.39 is 23.5 Å². The highest BCUT2D eigenvalue weighted by atomic mass is 32.2. The van der Waals surface area contributed by atoms with Crippen molar-refractivity contribution in [2.24, 2.45) is 10.2 Å². The quantitative estimate of drug-likeness (QED) is 0.454. The van der Waals surface area contributed by atoms with Crippen molar-refractivity contribution in [2.75, 3.05) is 0 Å². The maximum Gasteiger partial charge on any atom is 0.573 e. The van der Waals surface area contributed by atoms with Crippen LogP contribution in [-0.4, -0.2) is 40.0 Å². The molecule has 2 aromatic carbocycles. The fourth-order valence-electron chi connectivity index (χ4n) is 2.56. The van der Waals surface area contributed by atoms with Crippen LogP contribution in [0.5, 0.6) is 11.5 Å². The molecule has 1 heterocycles. The standard InChI is InChI=1S/C20H16F3N3O5S/c21-20(22,23)31-15-6-4-14(5-7-15)30-11-13-3-1-2-12(8-13)10-24-26-19-25-18(29)16(32-19)9-17(27)28/h1-8,10,16H,9,11H2,(H,27,28)(H,25,26,29). The molecule has 0 radical (unpaired) electrons. The smallest absolute Gasteiger partial charge is 0.489 e. The minimum atomic E-state index is -4.75. The second-order valence-corrected chi connectivity index (χ2v) is 7.59. The zero-order valence-corrected chi connectivity index (χ0v) is 17.0. The number of rotatable bonds is 8. The van der Waals surface area contributed by atoms with Crippen LogP contribution < -0.4 is 14.8 Å². The van der Waals surface area contributed by atoms with Crippen LogP contribution in [-0.2, 0) is 16.2 Å². The first kappa shape index (κ1) is 23.1. The second-order valence-electron chi connectivity index (χ2n) is 6.40. The van der Waals surface area contributed by atoms with Gasteiger partial charge in [0.1, 0.15) is 23.4 Å². The summed E-state index contributed by atoms with van der Waals surface area (Å²) in [6.07, 6.45) is -3.60. The SMILES string of the molecule is O=C(O)CC1SC(=NN=Cc2cccc(COc3ccc(OC(F)(F)F)cc3)c2)NC1=O. The number of nitrogens with one attached hydrogen (secondary N) is 1. The van der Waals surface area contributed by atoms with Crippen LogP contribution in [0.4, 0.5) is 13.2 Å². The normalized spacial score (nSPS) is 17.5. The van der Waals surface area contributed by atoms with Gasteiger partial charge in [-0.25, -0.2) is 0 Å². The lowest BCUT2D eigenvalue weighted by molar-refractivity contribution is -0.274. The summed E-state index contributed by atoms with van der Waals surface area (Å²) in [6, 6.07) is 12.2. The number of amides is 1. The molecule has 0 aromatic heterocycles. The van der Waals surface area contributed by atoms with Gasteiger partial charge in [-0.05, 0) is 41.5 Å². The molecule has 0 aliphatic carbocycles. The molecule has 1 unspecified atom stereocenters. The zero-order valence-electron chi connectivity index (χ0n) is 16.2. The van der Waals surface area contributed by atoms with Gasteiger partial charge in [0.15, 0.2) is 5.17 Å². The molecule has 1 fully saturated rings. The van der Waals surface area contributed by atoms with E-state index in [1.165, 1.54) is 18.3 Å². The fourth-order valence-corrected chi connectivity index (χ4v) is 3.48. The molecule has 32 heavy (non-hydrogen) atoms. The predicted molar refractivity (Wildman–Crippen MR) is 111 cm³/mol. The van der Waals surface area contributed by atoms with Crippen molar-refractivity contribution in [1.82, 2.24) is 5.32 Å². The largest absolute Gasteiger partial charge is 0.573 e. The number of nitrogens with zero attached hydrogens (tertiary/aromatic N) is 2. The Morgan fingerprint density at radius 3 is 2.59 bits per heavy atom. The number of hydrogen-bond donors (Lipinski definition) is 2. The third-order valence-electron chi connectivity index (χ3n) is 3.91. The topological polar surface area (TPSA) is 110 Å². The summed E-state index contributed by atoms with van der Waals surface area (Å²) >= 11 is 0.998. The first-order chi connectivity index (χ1) is 15.2. The summed E-state index contributed by atoms with van der Waals surface area (Å²) in [4.78, 5) is 22.4. The van der Waals surface area contributed by atoms with Crippen molar-refractivity contribution < 1.29 is 37.3 Å².